The zero-order valence-electron chi connectivity index (χ0n) is 18.2. The lowest BCUT2D eigenvalue weighted by Gasteiger charge is -2.15. The molecule has 0 aliphatic heterocycles. The summed E-state index contributed by atoms with van der Waals surface area (Å²) in [6, 6.07) is 9.33. The van der Waals surface area contributed by atoms with Crippen molar-refractivity contribution in [3.63, 3.8) is 0 Å². The van der Waals surface area contributed by atoms with Gasteiger partial charge >= 0.3 is 0 Å². The third kappa shape index (κ3) is 4.58. The average Bonchev–Trinajstić information content (AvgIpc) is 3.26. The van der Waals surface area contributed by atoms with Gasteiger partial charge in [-0.15, -0.1) is 5.10 Å². The van der Waals surface area contributed by atoms with Crippen LogP contribution < -0.4 is 15.2 Å². The first-order chi connectivity index (χ1) is 16.1. The molecule has 0 aliphatic rings. The number of methoxy groups -OCH3 is 1. The number of nitrogens with zero attached hydrogens (tertiary/aromatic N) is 6. The molecule has 4 rings (SSSR count). The molecule has 0 amide bonds. The number of fused-ring (bicyclic) bond motifs is 1. The van der Waals surface area contributed by atoms with Gasteiger partial charge in [-0.3, -0.25) is 14.9 Å². The van der Waals surface area contributed by atoms with Gasteiger partial charge in [-0.2, -0.15) is 4.98 Å². The van der Waals surface area contributed by atoms with Crippen molar-refractivity contribution in [1.29, 1.82) is 0 Å². The second-order valence-electron chi connectivity index (χ2n) is 7.36. The Kier molecular flexibility index (Phi) is 6.01. The van der Waals surface area contributed by atoms with Gasteiger partial charge in [-0.25, -0.2) is 13.1 Å². The number of nitro benzene ring substituents is 1. The molecule has 0 atom stereocenters. The van der Waals surface area contributed by atoms with Gasteiger partial charge in [0, 0.05) is 25.4 Å². The van der Waals surface area contributed by atoms with Crippen LogP contribution in [-0.4, -0.2) is 53.7 Å². The summed E-state index contributed by atoms with van der Waals surface area (Å²) in [6.45, 7) is 0.216. The zero-order valence-corrected chi connectivity index (χ0v) is 19.8. The van der Waals surface area contributed by atoms with Crippen molar-refractivity contribution in [1.82, 2.24) is 20.0 Å². The standard InChI is InChI=1S/C20H18N6O6S2/c1-24(10-12-11-25(23-22-12)13-5-4-6-14(7-13)32-2)20-21-19(27)16-8-15(34(3,30)31)9-17(26(28)29)18(16)33-20/h4-9,11H,10H2,1-3H3. The molecule has 0 bridgehead atoms. The predicted octanol–water partition coefficient (Wildman–Crippen LogP) is 2.19. The highest BCUT2D eigenvalue weighted by atomic mass is 32.2. The summed E-state index contributed by atoms with van der Waals surface area (Å²) in [7, 11) is -0.539. The van der Waals surface area contributed by atoms with Crippen LogP contribution in [0.4, 0.5) is 10.8 Å². The van der Waals surface area contributed by atoms with E-state index in [1.165, 1.54) is 0 Å². The first-order valence-corrected chi connectivity index (χ1v) is 12.4. The highest BCUT2D eigenvalue weighted by Crippen LogP contribution is 2.34. The maximum atomic E-state index is 12.7. The van der Waals surface area contributed by atoms with E-state index in [9.17, 15) is 23.3 Å². The van der Waals surface area contributed by atoms with Crippen molar-refractivity contribution in [3.8, 4) is 11.4 Å². The van der Waals surface area contributed by atoms with E-state index in [0.29, 0.717) is 11.4 Å². The molecule has 14 heteroatoms. The van der Waals surface area contributed by atoms with Crippen molar-refractivity contribution in [2.75, 3.05) is 25.3 Å². The Morgan fingerprint density at radius 3 is 2.71 bits per heavy atom. The summed E-state index contributed by atoms with van der Waals surface area (Å²) in [5.41, 5.74) is 0.0746. The molecule has 0 fully saturated rings. The number of hydrogen-bond acceptors (Lipinski definition) is 11. The van der Waals surface area contributed by atoms with Crippen LogP contribution in [0.25, 0.3) is 15.8 Å². The van der Waals surface area contributed by atoms with Crippen molar-refractivity contribution in [2.24, 2.45) is 0 Å². The third-order valence-electron chi connectivity index (χ3n) is 4.87. The van der Waals surface area contributed by atoms with E-state index in [2.05, 4.69) is 15.3 Å². The minimum absolute atomic E-state index is 0.0410. The molecule has 176 valence electrons. The lowest BCUT2D eigenvalue weighted by Crippen LogP contribution is -2.20. The van der Waals surface area contributed by atoms with Crippen LogP contribution in [0.1, 0.15) is 5.69 Å². The molecule has 0 radical (unpaired) electrons. The number of aromatic nitrogens is 4. The molecule has 12 nitrogen and oxygen atoms in total. The van der Waals surface area contributed by atoms with E-state index < -0.39 is 26.0 Å². The van der Waals surface area contributed by atoms with Crippen LogP contribution in [0.2, 0.25) is 0 Å². The molecule has 0 unspecified atom stereocenters. The normalized spacial score (nSPS) is 11.5. The number of hydrogen-bond donors (Lipinski definition) is 0. The molecule has 0 N–H and O–H groups in total. The van der Waals surface area contributed by atoms with Crippen LogP contribution in [0.3, 0.4) is 0 Å². The monoisotopic (exact) mass is 502 g/mol. The Labute approximate surface area is 197 Å². The lowest BCUT2D eigenvalue weighted by atomic mass is 10.2. The van der Waals surface area contributed by atoms with Crippen molar-refractivity contribution < 1.29 is 18.1 Å². The fourth-order valence-electron chi connectivity index (χ4n) is 3.19. The highest BCUT2D eigenvalue weighted by Gasteiger charge is 2.23. The predicted molar refractivity (Wildman–Crippen MR) is 126 cm³/mol. The second-order valence-corrected chi connectivity index (χ2v) is 10.4. The third-order valence-corrected chi connectivity index (χ3v) is 7.18. The van der Waals surface area contributed by atoms with E-state index in [0.717, 1.165) is 35.4 Å². The number of non-ortho nitro benzene ring substituents is 1. The first kappa shape index (κ1) is 23.3. The average molecular weight is 503 g/mol. The van der Waals surface area contributed by atoms with Gasteiger partial charge in [0.05, 0.1) is 40.7 Å². The zero-order chi connectivity index (χ0) is 24.6. The summed E-state index contributed by atoms with van der Waals surface area (Å²) in [5, 5.41) is 19.9. The molecule has 2 aromatic heterocycles. The van der Waals surface area contributed by atoms with Crippen LogP contribution in [0.15, 0.2) is 52.3 Å². The Bertz CT molecular complexity index is 1580. The summed E-state index contributed by atoms with van der Waals surface area (Å²) in [6.07, 6.45) is 2.62. The highest BCUT2D eigenvalue weighted by molar-refractivity contribution is 7.90. The maximum absolute atomic E-state index is 12.7. The maximum Gasteiger partial charge on any atom is 0.288 e. The fourth-order valence-corrected chi connectivity index (χ4v) is 4.87. The Morgan fingerprint density at radius 2 is 2.03 bits per heavy atom. The van der Waals surface area contributed by atoms with Gasteiger partial charge in [-0.1, -0.05) is 22.6 Å². The number of nitro groups is 1. The van der Waals surface area contributed by atoms with E-state index >= 15 is 0 Å². The Balaban J connectivity index is 1.69. The number of benzene rings is 2. The quantitative estimate of drug-likeness (QED) is 0.272. The van der Waals surface area contributed by atoms with Gasteiger partial charge in [0.1, 0.15) is 16.1 Å². The lowest BCUT2D eigenvalue weighted by molar-refractivity contribution is -0.383. The second kappa shape index (κ2) is 8.79. The van der Waals surface area contributed by atoms with Gasteiger partial charge < -0.3 is 9.64 Å². The first-order valence-electron chi connectivity index (χ1n) is 9.67. The largest absolute Gasteiger partial charge is 0.497 e. The molecule has 0 spiro atoms. The van der Waals surface area contributed by atoms with Crippen LogP contribution in [0.5, 0.6) is 5.75 Å². The molecule has 34 heavy (non-hydrogen) atoms. The molecule has 0 aliphatic carbocycles. The van der Waals surface area contributed by atoms with Crippen molar-refractivity contribution in [3.05, 3.63) is 68.8 Å². The summed E-state index contributed by atoms with van der Waals surface area (Å²) >= 11 is 0.918. The molecule has 0 saturated carbocycles. The Hall–Kier alpha value is -3.91. The van der Waals surface area contributed by atoms with Crippen LogP contribution in [0, 0.1) is 10.1 Å². The summed E-state index contributed by atoms with van der Waals surface area (Å²) in [5.74, 6) is 0.664. The smallest absolute Gasteiger partial charge is 0.288 e. The van der Waals surface area contributed by atoms with Crippen molar-refractivity contribution in [2.45, 2.75) is 11.4 Å². The van der Waals surface area contributed by atoms with Gasteiger partial charge in [0.15, 0.2) is 15.0 Å². The molecular weight excluding hydrogens is 484 g/mol. The number of rotatable bonds is 7. The number of sulfone groups is 1. The number of anilines is 1. The van der Waals surface area contributed by atoms with E-state index in [-0.39, 0.29) is 26.7 Å². The SMILES string of the molecule is COc1cccc(-n2cc(CN(C)c3nc(=O)c4cc(S(C)(=O)=O)cc([N+](=O)[O-])c4s3)nn2)c1. The van der Waals surface area contributed by atoms with Gasteiger partial charge in [0.25, 0.3) is 11.2 Å². The number of ether oxygens (including phenoxy) is 1. The molecule has 2 heterocycles. The minimum Gasteiger partial charge on any atom is -0.497 e. The van der Waals surface area contributed by atoms with E-state index in [1.807, 2.05) is 12.1 Å². The molecule has 2 aromatic carbocycles. The molecule has 0 saturated heterocycles. The van der Waals surface area contributed by atoms with Crippen LogP contribution in [-0.2, 0) is 16.4 Å². The van der Waals surface area contributed by atoms with Crippen molar-refractivity contribution >= 4 is 42.1 Å². The summed E-state index contributed by atoms with van der Waals surface area (Å²) < 4.78 is 30.6. The van der Waals surface area contributed by atoms with Gasteiger partial charge in [-0.05, 0) is 18.2 Å². The summed E-state index contributed by atoms with van der Waals surface area (Å²) in [4.78, 5) is 28.9. The molecule has 4 aromatic rings. The van der Waals surface area contributed by atoms with E-state index in [4.69, 9.17) is 4.74 Å². The minimum atomic E-state index is -3.76. The van der Waals surface area contributed by atoms with Crippen LogP contribution >= 0.6 is 11.3 Å². The Morgan fingerprint density at radius 1 is 1.26 bits per heavy atom. The van der Waals surface area contributed by atoms with E-state index in [1.54, 1.807) is 42.1 Å². The molecular formula is C20H18N6O6S2. The van der Waals surface area contributed by atoms with Gasteiger partial charge in [0.2, 0.25) is 0 Å². The topological polar surface area (TPSA) is 150 Å². The fraction of sp³-hybridized carbons (Fsp3) is 0.200.